The fraction of sp³-hybridized carbons (Fsp3) is 0.941. The Balaban J connectivity index is 1.98. The molecule has 0 saturated carbocycles. The molecule has 7 N–H and O–H groups in total. The summed E-state index contributed by atoms with van der Waals surface area (Å²) in [6.07, 6.45) is -15.4. The van der Waals surface area contributed by atoms with Crippen LogP contribution in [0.5, 0.6) is 0 Å². The van der Waals surface area contributed by atoms with Crippen molar-refractivity contribution in [2.75, 3.05) is 13.2 Å². The maximum Gasteiger partial charge on any atom is 0.186 e. The minimum atomic E-state index is -1.65. The maximum atomic E-state index is 11.2. The normalized spacial score (nSPS) is 44.4. The van der Waals surface area contributed by atoms with Gasteiger partial charge in [-0.3, -0.25) is 4.79 Å². The van der Waals surface area contributed by atoms with Crippen molar-refractivity contribution in [3.63, 3.8) is 0 Å². The van der Waals surface area contributed by atoms with Crippen LogP contribution in [0.2, 0.25) is 0 Å². The van der Waals surface area contributed by atoms with Gasteiger partial charge in [-0.05, 0) is 13.8 Å². The van der Waals surface area contributed by atoms with E-state index in [4.69, 9.17) is 18.9 Å². The van der Waals surface area contributed by atoms with E-state index >= 15 is 0 Å². The van der Waals surface area contributed by atoms with E-state index in [1.54, 1.807) is 6.92 Å². The molecule has 2 aliphatic heterocycles. The zero-order valence-corrected chi connectivity index (χ0v) is 16.1. The van der Waals surface area contributed by atoms with Gasteiger partial charge in [0, 0.05) is 6.42 Å². The average Bonchev–Trinajstić information content (AvgIpc) is 2.66. The Hall–Kier alpha value is -0.770. The Labute approximate surface area is 167 Å². The molecule has 12 nitrogen and oxygen atoms in total. The van der Waals surface area contributed by atoms with Crippen molar-refractivity contribution in [3.05, 3.63) is 0 Å². The SMILES string of the molecule is CC(=O)C[C@@H](C)O[C@@H]1O[C@H](CO[C@@H]2O[C@H](CO)[C@@H](O)[C@H](O)[C@H]2O)[C@@H](O)[C@H](O)[C@H]1O. The largest absolute Gasteiger partial charge is 0.394 e. The second kappa shape index (κ2) is 10.5. The van der Waals surface area contributed by atoms with Crippen LogP contribution in [0.25, 0.3) is 0 Å². The minimum Gasteiger partial charge on any atom is -0.394 e. The zero-order valence-electron chi connectivity index (χ0n) is 16.1. The summed E-state index contributed by atoms with van der Waals surface area (Å²) in [4.78, 5) is 11.2. The first-order chi connectivity index (χ1) is 13.6. The van der Waals surface area contributed by atoms with E-state index in [1.807, 2.05) is 0 Å². The minimum absolute atomic E-state index is 0.0528. The molecule has 2 fully saturated rings. The summed E-state index contributed by atoms with van der Waals surface area (Å²) in [7, 11) is 0. The molecular weight excluding hydrogens is 396 g/mol. The number of carbonyl (C=O) groups is 1. The Bertz CT molecular complexity index is 531. The first kappa shape index (κ1) is 24.5. The van der Waals surface area contributed by atoms with Gasteiger partial charge in [0.25, 0.3) is 0 Å². The number of ether oxygens (including phenoxy) is 4. The van der Waals surface area contributed by atoms with E-state index in [9.17, 15) is 40.5 Å². The topological polar surface area (TPSA) is 196 Å². The standard InChI is InChI=1S/C17H30O12/c1-6(19)3-7(2)27-17-15(25)13(23)11(21)9(29-17)5-26-16-14(24)12(22)10(20)8(4-18)28-16/h7-18,20-25H,3-5H2,1-2H3/t7-,8-,9-,10-,11-,12+,13+,14-,15-,16-,17-/m1/s1. The third kappa shape index (κ3) is 5.89. The fourth-order valence-electron chi connectivity index (χ4n) is 3.24. The van der Waals surface area contributed by atoms with E-state index in [-0.39, 0.29) is 12.2 Å². The third-order valence-corrected chi connectivity index (χ3v) is 4.88. The van der Waals surface area contributed by atoms with E-state index < -0.39 is 80.7 Å². The van der Waals surface area contributed by atoms with Gasteiger partial charge < -0.3 is 54.7 Å². The van der Waals surface area contributed by atoms with E-state index in [0.717, 1.165) is 0 Å². The molecule has 0 unspecified atom stereocenters. The van der Waals surface area contributed by atoms with Gasteiger partial charge in [0.15, 0.2) is 12.6 Å². The van der Waals surface area contributed by atoms with Gasteiger partial charge in [0.05, 0.1) is 19.3 Å². The molecule has 0 aromatic carbocycles. The summed E-state index contributed by atoms with van der Waals surface area (Å²) in [6, 6.07) is 0. The molecule has 12 heteroatoms. The molecule has 2 saturated heterocycles. The average molecular weight is 426 g/mol. The van der Waals surface area contributed by atoms with Crippen molar-refractivity contribution >= 4 is 5.78 Å². The molecule has 0 radical (unpaired) electrons. The number of hydrogen-bond acceptors (Lipinski definition) is 12. The fourth-order valence-corrected chi connectivity index (χ4v) is 3.24. The molecule has 2 aliphatic rings. The highest BCUT2D eigenvalue weighted by molar-refractivity contribution is 5.75. The van der Waals surface area contributed by atoms with Crippen molar-refractivity contribution in [2.24, 2.45) is 0 Å². The molecule has 2 rings (SSSR count). The maximum absolute atomic E-state index is 11.2. The van der Waals surface area contributed by atoms with Crippen LogP contribution in [0.15, 0.2) is 0 Å². The highest BCUT2D eigenvalue weighted by Gasteiger charge is 2.47. The van der Waals surface area contributed by atoms with Crippen molar-refractivity contribution in [1.29, 1.82) is 0 Å². The number of Topliss-reactive ketones (excluding diaryl/α,β-unsaturated/α-hetero) is 1. The molecule has 0 aromatic rings. The molecule has 11 atom stereocenters. The van der Waals surface area contributed by atoms with Gasteiger partial charge in [0.2, 0.25) is 0 Å². The summed E-state index contributed by atoms with van der Waals surface area (Å²) in [5.41, 5.74) is 0. The van der Waals surface area contributed by atoms with Gasteiger partial charge >= 0.3 is 0 Å². The highest BCUT2D eigenvalue weighted by Crippen LogP contribution is 2.26. The molecule has 0 spiro atoms. The van der Waals surface area contributed by atoms with Crippen LogP contribution in [0.3, 0.4) is 0 Å². The van der Waals surface area contributed by atoms with Crippen LogP contribution >= 0.6 is 0 Å². The highest BCUT2D eigenvalue weighted by atomic mass is 16.7. The number of aliphatic hydroxyl groups excluding tert-OH is 7. The quantitative estimate of drug-likeness (QED) is 0.199. The van der Waals surface area contributed by atoms with Crippen molar-refractivity contribution < 1.29 is 59.5 Å². The van der Waals surface area contributed by atoms with Crippen LogP contribution in [0.4, 0.5) is 0 Å². The zero-order chi connectivity index (χ0) is 21.9. The predicted molar refractivity (Wildman–Crippen MR) is 92.2 cm³/mol. The Kier molecular flexibility index (Phi) is 8.87. The molecule has 29 heavy (non-hydrogen) atoms. The Morgan fingerprint density at radius 3 is 1.93 bits per heavy atom. The van der Waals surface area contributed by atoms with Crippen molar-refractivity contribution in [1.82, 2.24) is 0 Å². The smallest absolute Gasteiger partial charge is 0.186 e. The first-order valence-corrected chi connectivity index (χ1v) is 9.33. The van der Waals surface area contributed by atoms with Gasteiger partial charge in [-0.15, -0.1) is 0 Å². The monoisotopic (exact) mass is 426 g/mol. The molecule has 0 bridgehead atoms. The van der Waals surface area contributed by atoms with Gasteiger partial charge in [0.1, 0.15) is 54.6 Å². The second-order valence-electron chi connectivity index (χ2n) is 7.40. The van der Waals surface area contributed by atoms with Crippen molar-refractivity contribution in [2.45, 2.75) is 87.8 Å². The van der Waals surface area contributed by atoms with Crippen LogP contribution in [-0.2, 0) is 23.7 Å². The van der Waals surface area contributed by atoms with Gasteiger partial charge in [-0.1, -0.05) is 0 Å². The Morgan fingerprint density at radius 1 is 0.862 bits per heavy atom. The van der Waals surface area contributed by atoms with E-state index in [1.165, 1.54) is 6.92 Å². The number of ketones is 1. The number of aliphatic hydroxyl groups is 7. The van der Waals surface area contributed by atoms with E-state index in [0.29, 0.717) is 0 Å². The lowest BCUT2D eigenvalue weighted by Gasteiger charge is -2.43. The third-order valence-electron chi connectivity index (χ3n) is 4.88. The molecule has 2 heterocycles. The van der Waals surface area contributed by atoms with Crippen molar-refractivity contribution in [3.8, 4) is 0 Å². The van der Waals surface area contributed by atoms with Crippen LogP contribution in [0.1, 0.15) is 20.3 Å². The predicted octanol–water partition coefficient (Wildman–Crippen LogP) is -4.01. The van der Waals surface area contributed by atoms with E-state index in [2.05, 4.69) is 0 Å². The molecule has 0 aliphatic carbocycles. The number of hydrogen-bond donors (Lipinski definition) is 7. The summed E-state index contributed by atoms with van der Waals surface area (Å²) < 4.78 is 21.4. The summed E-state index contributed by atoms with van der Waals surface area (Å²) >= 11 is 0. The lowest BCUT2D eigenvalue weighted by atomic mass is 9.98. The molecule has 0 aromatic heterocycles. The summed E-state index contributed by atoms with van der Waals surface area (Å²) in [5, 5.41) is 69.0. The van der Waals surface area contributed by atoms with Crippen LogP contribution in [0, 0.1) is 0 Å². The lowest BCUT2D eigenvalue weighted by molar-refractivity contribution is -0.335. The number of carbonyl (C=O) groups excluding carboxylic acids is 1. The van der Waals surface area contributed by atoms with Gasteiger partial charge in [-0.2, -0.15) is 0 Å². The van der Waals surface area contributed by atoms with Crippen LogP contribution < -0.4 is 0 Å². The first-order valence-electron chi connectivity index (χ1n) is 9.33. The summed E-state index contributed by atoms with van der Waals surface area (Å²) in [6.45, 7) is 1.86. The molecular formula is C17H30O12. The molecule has 170 valence electrons. The molecule has 0 amide bonds. The Morgan fingerprint density at radius 2 is 1.38 bits per heavy atom. The summed E-state index contributed by atoms with van der Waals surface area (Å²) in [5.74, 6) is -0.147. The van der Waals surface area contributed by atoms with Crippen LogP contribution in [-0.4, -0.2) is 122 Å². The lowest BCUT2D eigenvalue weighted by Crippen LogP contribution is -2.62. The number of rotatable bonds is 8. The second-order valence-corrected chi connectivity index (χ2v) is 7.40. The van der Waals surface area contributed by atoms with Gasteiger partial charge in [-0.25, -0.2) is 0 Å².